The normalized spacial score (nSPS) is 23.0. The molecule has 0 aromatic heterocycles. The Morgan fingerprint density at radius 3 is 2.29 bits per heavy atom. The highest BCUT2D eigenvalue weighted by atomic mass is 16.4. The maximum atomic E-state index is 12.5. The van der Waals surface area contributed by atoms with Crippen LogP contribution in [0, 0.1) is 5.92 Å². The Kier molecular flexibility index (Phi) is 6.03. The Morgan fingerprint density at radius 1 is 1.10 bits per heavy atom. The van der Waals surface area contributed by atoms with Crippen molar-refractivity contribution in [1.29, 1.82) is 0 Å². The highest BCUT2D eigenvalue weighted by Crippen LogP contribution is 2.24. The van der Waals surface area contributed by atoms with Crippen molar-refractivity contribution in [1.82, 2.24) is 9.80 Å². The van der Waals surface area contributed by atoms with E-state index in [1.807, 2.05) is 11.8 Å². The molecule has 2 aliphatic rings. The van der Waals surface area contributed by atoms with Crippen molar-refractivity contribution in [3.8, 4) is 0 Å². The summed E-state index contributed by atoms with van der Waals surface area (Å²) in [7, 11) is 0. The van der Waals surface area contributed by atoms with Gasteiger partial charge in [0.1, 0.15) is 0 Å². The van der Waals surface area contributed by atoms with Gasteiger partial charge in [-0.05, 0) is 64.5 Å². The first-order valence-corrected chi connectivity index (χ1v) is 8.32. The summed E-state index contributed by atoms with van der Waals surface area (Å²) >= 11 is 0. The Morgan fingerprint density at radius 2 is 1.71 bits per heavy atom. The lowest BCUT2D eigenvalue weighted by molar-refractivity contribution is -0.137. The summed E-state index contributed by atoms with van der Waals surface area (Å²) in [5, 5.41) is 8.74. The lowest BCUT2D eigenvalue weighted by Gasteiger charge is -2.38. The van der Waals surface area contributed by atoms with E-state index in [0.717, 1.165) is 58.3 Å². The maximum Gasteiger partial charge on any atom is 0.303 e. The largest absolute Gasteiger partial charge is 0.481 e. The molecule has 0 saturated carbocycles. The van der Waals surface area contributed by atoms with Gasteiger partial charge in [0.25, 0.3) is 0 Å². The molecular weight excluding hydrogens is 268 g/mol. The van der Waals surface area contributed by atoms with Crippen molar-refractivity contribution in [3.05, 3.63) is 0 Å². The molecule has 2 fully saturated rings. The van der Waals surface area contributed by atoms with Crippen LogP contribution in [0.2, 0.25) is 0 Å². The van der Waals surface area contributed by atoms with Crippen LogP contribution in [0.15, 0.2) is 0 Å². The molecule has 120 valence electrons. The van der Waals surface area contributed by atoms with Gasteiger partial charge in [0.2, 0.25) is 5.91 Å². The molecule has 0 spiro atoms. The third-order valence-corrected chi connectivity index (χ3v) is 4.99. The molecule has 2 rings (SSSR count). The van der Waals surface area contributed by atoms with Crippen molar-refractivity contribution in [2.75, 3.05) is 26.2 Å². The summed E-state index contributed by atoms with van der Waals surface area (Å²) in [4.78, 5) is 27.4. The zero-order valence-corrected chi connectivity index (χ0v) is 13.1. The van der Waals surface area contributed by atoms with Crippen molar-refractivity contribution < 1.29 is 14.7 Å². The molecule has 0 aromatic carbocycles. The quantitative estimate of drug-likeness (QED) is 0.842. The van der Waals surface area contributed by atoms with Gasteiger partial charge in [-0.25, -0.2) is 0 Å². The van der Waals surface area contributed by atoms with Crippen LogP contribution in [-0.2, 0) is 9.59 Å². The van der Waals surface area contributed by atoms with E-state index in [1.165, 1.54) is 6.42 Å². The average molecular weight is 296 g/mol. The van der Waals surface area contributed by atoms with Gasteiger partial charge in [-0.15, -0.1) is 0 Å². The van der Waals surface area contributed by atoms with Crippen LogP contribution >= 0.6 is 0 Å². The number of carboxylic acid groups (broad SMARTS) is 1. The molecular formula is C16H28N2O3. The minimum Gasteiger partial charge on any atom is -0.481 e. The molecule has 0 aromatic rings. The summed E-state index contributed by atoms with van der Waals surface area (Å²) in [6.45, 7) is 5.70. The van der Waals surface area contributed by atoms with Gasteiger partial charge in [0, 0.05) is 19.5 Å². The number of carbonyl (C=O) groups is 2. The van der Waals surface area contributed by atoms with Gasteiger partial charge in [0.05, 0.1) is 6.04 Å². The smallest absolute Gasteiger partial charge is 0.303 e. The fourth-order valence-electron chi connectivity index (χ4n) is 3.49. The highest BCUT2D eigenvalue weighted by molar-refractivity contribution is 5.81. The molecule has 5 nitrogen and oxygen atoms in total. The third-order valence-electron chi connectivity index (χ3n) is 4.99. The van der Waals surface area contributed by atoms with Crippen molar-refractivity contribution in [2.24, 2.45) is 5.92 Å². The fraction of sp³-hybridized carbons (Fsp3) is 0.875. The van der Waals surface area contributed by atoms with Gasteiger partial charge in [-0.1, -0.05) is 0 Å². The first-order chi connectivity index (χ1) is 10.1. The lowest BCUT2D eigenvalue weighted by atomic mass is 9.91. The second kappa shape index (κ2) is 7.78. The van der Waals surface area contributed by atoms with Gasteiger partial charge in [-0.3, -0.25) is 14.5 Å². The van der Waals surface area contributed by atoms with Gasteiger partial charge < -0.3 is 10.0 Å². The summed E-state index contributed by atoms with van der Waals surface area (Å²) in [5.41, 5.74) is 0. The number of piperidine rings is 2. The van der Waals surface area contributed by atoms with Crippen molar-refractivity contribution in [2.45, 2.75) is 57.9 Å². The van der Waals surface area contributed by atoms with E-state index in [-0.39, 0.29) is 18.4 Å². The van der Waals surface area contributed by atoms with E-state index in [2.05, 4.69) is 4.90 Å². The number of nitrogens with zero attached hydrogens (tertiary/aromatic N) is 2. The molecule has 1 unspecified atom stereocenters. The second-order valence-corrected chi connectivity index (χ2v) is 6.47. The van der Waals surface area contributed by atoms with Crippen LogP contribution in [-0.4, -0.2) is 59.0 Å². The first kappa shape index (κ1) is 16.3. The van der Waals surface area contributed by atoms with Gasteiger partial charge >= 0.3 is 5.97 Å². The van der Waals surface area contributed by atoms with Crippen LogP contribution in [0.3, 0.4) is 0 Å². The summed E-state index contributed by atoms with van der Waals surface area (Å²) in [6, 6.07) is -0.0245. The van der Waals surface area contributed by atoms with E-state index in [0.29, 0.717) is 5.92 Å². The third kappa shape index (κ3) is 4.70. The van der Waals surface area contributed by atoms with E-state index < -0.39 is 5.97 Å². The minimum absolute atomic E-state index is 0.0245. The molecule has 2 heterocycles. The number of amides is 1. The fourth-order valence-corrected chi connectivity index (χ4v) is 3.49. The van der Waals surface area contributed by atoms with E-state index in [1.54, 1.807) is 0 Å². The zero-order valence-electron chi connectivity index (χ0n) is 13.1. The van der Waals surface area contributed by atoms with Gasteiger partial charge in [-0.2, -0.15) is 0 Å². The maximum absolute atomic E-state index is 12.5. The molecule has 21 heavy (non-hydrogen) atoms. The first-order valence-electron chi connectivity index (χ1n) is 8.32. The number of carbonyl (C=O) groups excluding carboxylic acids is 1. The molecule has 1 atom stereocenters. The molecule has 2 aliphatic heterocycles. The Balaban J connectivity index is 1.75. The number of carboxylic acids is 1. The molecule has 1 amide bonds. The lowest BCUT2D eigenvalue weighted by Crippen LogP contribution is -2.50. The van der Waals surface area contributed by atoms with Crippen LogP contribution < -0.4 is 0 Å². The minimum atomic E-state index is -0.703. The van der Waals surface area contributed by atoms with E-state index in [9.17, 15) is 9.59 Å². The van der Waals surface area contributed by atoms with Crippen LogP contribution in [0.4, 0.5) is 0 Å². The van der Waals surface area contributed by atoms with Crippen LogP contribution in [0.5, 0.6) is 0 Å². The van der Waals surface area contributed by atoms with E-state index in [4.69, 9.17) is 5.11 Å². The van der Waals surface area contributed by atoms with Crippen LogP contribution in [0.25, 0.3) is 0 Å². The molecule has 0 radical (unpaired) electrons. The standard InChI is InChI=1S/C16H28N2O3/c1-13(16(21)18-9-3-2-4-10-18)17-11-7-14(8-12-17)5-6-15(19)20/h13-14H,2-12H2,1H3,(H,19,20). The zero-order chi connectivity index (χ0) is 15.2. The number of likely N-dealkylation sites (tertiary alicyclic amines) is 2. The second-order valence-electron chi connectivity index (χ2n) is 6.47. The summed E-state index contributed by atoms with van der Waals surface area (Å²) in [5.74, 6) is 0.0828. The Hall–Kier alpha value is -1.10. The predicted octanol–water partition coefficient (Wildman–Crippen LogP) is 1.96. The Bertz CT molecular complexity index is 359. The van der Waals surface area contributed by atoms with Crippen LogP contribution in [0.1, 0.15) is 51.9 Å². The van der Waals surface area contributed by atoms with E-state index >= 15 is 0 Å². The highest BCUT2D eigenvalue weighted by Gasteiger charge is 2.29. The Labute approximate surface area is 127 Å². The predicted molar refractivity (Wildman–Crippen MR) is 81.1 cm³/mol. The molecule has 1 N–H and O–H groups in total. The number of rotatable bonds is 5. The summed E-state index contributed by atoms with van der Waals surface area (Å²) < 4.78 is 0. The number of hydrogen-bond acceptors (Lipinski definition) is 3. The molecule has 2 saturated heterocycles. The molecule has 0 bridgehead atoms. The SMILES string of the molecule is CC(C(=O)N1CCCCC1)N1CCC(CCC(=O)O)CC1. The number of hydrogen-bond donors (Lipinski definition) is 1. The van der Waals surface area contributed by atoms with Gasteiger partial charge in [0.15, 0.2) is 0 Å². The van der Waals surface area contributed by atoms with Crippen molar-refractivity contribution in [3.63, 3.8) is 0 Å². The summed E-state index contributed by atoms with van der Waals surface area (Å²) in [6.07, 6.45) is 6.60. The monoisotopic (exact) mass is 296 g/mol. The molecule has 5 heteroatoms. The topological polar surface area (TPSA) is 60.9 Å². The average Bonchev–Trinajstić information content (AvgIpc) is 2.53. The number of aliphatic carboxylic acids is 1. The van der Waals surface area contributed by atoms with Crippen molar-refractivity contribution >= 4 is 11.9 Å². The molecule has 0 aliphatic carbocycles.